The van der Waals surface area contributed by atoms with E-state index in [1.54, 1.807) is 21.1 Å². The predicted octanol–water partition coefficient (Wildman–Crippen LogP) is -2.88. The van der Waals surface area contributed by atoms with Gasteiger partial charge in [0.25, 0.3) is 7.82 Å². The second-order valence-corrected chi connectivity index (χ2v) is 10.8. The van der Waals surface area contributed by atoms with Crippen LogP contribution in [0, 0.1) is 0 Å². The maximum absolute atomic E-state index is 12.2. The summed E-state index contributed by atoms with van der Waals surface area (Å²) >= 11 is 0. The number of nitrogen functional groups attached to an aromatic ring is 1. The molecule has 0 amide bonds. The minimum atomic E-state index is -5.39. The number of quaternary nitrogens is 1. The normalized spacial score (nSPS) is 27.6. The van der Waals surface area contributed by atoms with Crippen molar-refractivity contribution in [2.75, 3.05) is 46.6 Å². The molecular formula is C14H26N4O12P2. The Morgan fingerprint density at radius 3 is 2.47 bits per heavy atom. The van der Waals surface area contributed by atoms with Crippen LogP contribution in [0.25, 0.3) is 0 Å². The number of ether oxygens (including phenoxy) is 1. The molecule has 2 rings (SSSR count). The van der Waals surface area contributed by atoms with E-state index in [0.717, 1.165) is 0 Å². The van der Waals surface area contributed by atoms with Crippen LogP contribution in [-0.2, 0) is 22.7 Å². The first kappa shape index (κ1) is 26.8. The zero-order valence-corrected chi connectivity index (χ0v) is 19.2. The molecule has 0 spiro atoms. The Morgan fingerprint density at radius 1 is 1.31 bits per heavy atom. The number of nitrogens with zero attached hydrogens (tertiary/aromatic N) is 3. The van der Waals surface area contributed by atoms with Crippen LogP contribution in [0.15, 0.2) is 11.0 Å². The number of aromatic nitrogens is 2. The molecule has 1 fully saturated rings. The number of phosphoric ester groups is 2. The number of hydrogen-bond donors (Lipinski definition) is 5. The summed E-state index contributed by atoms with van der Waals surface area (Å²) in [4.78, 5) is 37.1. The molecule has 1 aliphatic rings. The summed E-state index contributed by atoms with van der Waals surface area (Å²) in [5.74, 6) is -1.47. The van der Waals surface area contributed by atoms with Gasteiger partial charge < -0.3 is 44.2 Å². The highest BCUT2D eigenvalue weighted by Gasteiger charge is 2.44. The standard InChI is InChI=1S/C14H26N4O12P2/c1-18(2,3)4-5-27-31(23,24)30-32(25,26)29-8-6-17(14(22)16-12(8)15)13-11(21)10(20)9(7-19)28-13/h6,9-11,13,19-21H,4-5,7H2,1-3H3,(H3-,15,16,22,23,24,25,26)/t9-,10-,11-,13-/m1/s1. The van der Waals surface area contributed by atoms with Crippen molar-refractivity contribution in [2.24, 2.45) is 0 Å². The average molecular weight is 504 g/mol. The fraction of sp³-hybridized carbons (Fsp3) is 0.714. The Morgan fingerprint density at radius 2 is 1.94 bits per heavy atom. The van der Waals surface area contributed by atoms with Gasteiger partial charge in [0.15, 0.2) is 17.8 Å². The van der Waals surface area contributed by atoms with Gasteiger partial charge in [-0.2, -0.15) is 4.98 Å². The van der Waals surface area contributed by atoms with Crippen molar-refractivity contribution in [1.82, 2.24) is 9.55 Å². The Hall–Kier alpha value is -1.42. The molecule has 0 bridgehead atoms. The molecule has 184 valence electrons. The summed E-state index contributed by atoms with van der Waals surface area (Å²) in [5, 5.41) is 29.0. The van der Waals surface area contributed by atoms with E-state index < -0.39 is 64.0 Å². The number of aliphatic hydroxyl groups is 3. The van der Waals surface area contributed by atoms with Crippen molar-refractivity contribution in [1.29, 1.82) is 0 Å². The van der Waals surface area contributed by atoms with E-state index in [2.05, 4.69) is 18.3 Å². The Balaban J connectivity index is 2.20. The van der Waals surface area contributed by atoms with Gasteiger partial charge in [0.05, 0.1) is 33.9 Å². The summed E-state index contributed by atoms with van der Waals surface area (Å²) in [7, 11) is -5.38. The first-order valence-electron chi connectivity index (χ1n) is 9.06. The molecule has 2 heterocycles. The molecule has 0 aliphatic carbocycles. The second kappa shape index (κ2) is 9.83. The van der Waals surface area contributed by atoms with Gasteiger partial charge in [-0.05, 0) is 0 Å². The van der Waals surface area contributed by atoms with Crippen molar-refractivity contribution >= 4 is 21.5 Å². The van der Waals surface area contributed by atoms with Crippen LogP contribution in [0.1, 0.15) is 6.23 Å². The molecule has 0 radical (unpaired) electrons. The monoisotopic (exact) mass is 504 g/mol. The molecule has 1 saturated heterocycles. The Bertz CT molecular complexity index is 966. The molecule has 6 N–H and O–H groups in total. The third kappa shape index (κ3) is 7.04. The van der Waals surface area contributed by atoms with Gasteiger partial charge in [0.2, 0.25) is 0 Å². The molecule has 6 atom stereocenters. The molecule has 0 aromatic carbocycles. The highest BCUT2D eigenvalue weighted by molar-refractivity contribution is 7.60. The van der Waals surface area contributed by atoms with E-state index in [1.165, 1.54) is 0 Å². The maximum Gasteiger partial charge on any atom is 0.534 e. The number of likely N-dealkylation sites (N-methyl/N-ethyl adjacent to an activating group) is 1. The number of nitrogens with two attached hydrogens (primary N) is 1. The minimum Gasteiger partial charge on any atom is -0.756 e. The van der Waals surface area contributed by atoms with Gasteiger partial charge >= 0.3 is 13.5 Å². The van der Waals surface area contributed by atoms with E-state index in [0.29, 0.717) is 15.2 Å². The first-order valence-corrected chi connectivity index (χ1v) is 12.0. The smallest absolute Gasteiger partial charge is 0.534 e. The second-order valence-electron chi connectivity index (χ2n) is 7.84. The molecule has 2 unspecified atom stereocenters. The quantitative estimate of drug-likeness (QED) is 0.159. The highest BCUT2D eigenvalue weighted by atomic mass is 31.3. The fourth-order valence-electron chi connectivity index (χ4n) is 2.54. The van der Waals surface area contributed by atoms with Gasteiger partial charge in [-0.1, -0.05) is 0 Å². The lowest BCUT2D eigenvalue weighted by atomic mass is 10.1. The molecule has 1 aromatic heterocycles. The Labute approximate surface area is 182 Å². The minimum absolute atomic E-state index is 0.235. The lowest BCUT2D eigenvalue weighted by molar-refractivity contribution is -0.870. The summed E-state index contributed by atoms with van der Waals surface area (Å²) in [5.41, 5.74) is 4.39. The van der Waals surface area contributed by atoms with E-state index in [4.69, 9.17) is 15.6 Å². The molecule has 1 aromatic rings. The van der Waals surface area contributed by atoms with E-state index in [1.807, 2.05) is 0 Å². The van der Waals surface area contributed by atoms with Crippen LogP contribution in [0.4, 0.5) is 5.82 Å². The van der Waals surface area contributed by atoms with E-state index in [9.17, 15) is 33.9 Å². The van der Waals surface area contributed by atoms with Crippen molar-refractivity contribution in [3.8, 4) is 5.75 Å². The van der Waals surface area contributed by atoms with E-state index in [-0.39, 0.29) is 13.2 Å². The maximum atomic E-state index is 12.2. The molecule has 18 heteroatoms. The fourth-order valence-corrected chi connectivity index (χ4v) is 4.57. The van der Waals surface area contributed by atoms with Gasteiger partial charge in [-0.25, -0.2) is 13.7 Å². The number of phosphoric acid groups is 2. The predicted molar refractivity (Wildman–Crippen MR) is 104 cm³/mol. The van der Waals surface area contributed by atoms with Crippen molar-refractivity contribution in [3.05, 3.63) is 16.7 Å². The van der Waals surface area contributed by atoms with Crippen molar-refractivity contribution in [3.63, 3.8) is 0 Å². The third-order valence-corrected chi connectivity index (χ3v) is 6.72. The lowest BCUT2D eigenvalue weighted by Crippen LogP contribution is -2.37. The van der Waals surface area contributed by atoms with E-state index >= 15 is 0 Å². The SMILES string of the molecule is C[N+](C)(C)CCOP(=O)([O-])OP(=O)(O)Oc1cn([C@@H]2O[C@H](CO)[C@@H](O)[C@H]2O)c(=O)nc1N. The molecule has 1 aliphatic heterocycles. The Kier molecular flexibility index (Phi) is 8.24. The van der Waals surface area contributed by atoms with Gasteiger partial charge in [-0.3, -0.25) is 14.0 Å². The molecule has 32 heavy (non-hydrogen) atoms. The third-order valence-electron chi connectivity index (χ3n) is 4.17. The number of rotatable bonds is 10. The van der Waals surface area contributed by atoms with Gasteiger partial charge in [0.1, 0.15) is 31.5 Å². The summed E-state index contributed by atoms with van der Waals surface area (Å²) < 4.78 is 43.4. The van der Waals surface area contributed by atoms with Crippen LogP contribution in [0.3, 0.4) is 0 Å². The molecule has 0 saturated carbocycles. The van der Waals surface area contributed by atoms with Gasteiger partial charge in [-0.15, -0.1) is 0 Å². The summed E-state index contributed by atoms with van der Waals surface area (Å²) in [6.07, 6.45) is -5.33. The van der Waals surface area contributed by atoms with Crippen LogP contribution in [0.5, 0.6) is 5.75 Å². The van der Waals surface area contributed by atoms with Crippen molar-refractivity contribution in [2.45, 2.75) is 24.5 Å². The van der Waals surface area contributed by atoms with Crippen LogP contribution >= 0.6 is 15.6 Å². The molecule has 16 nitrogen and oxygen atoms in total. The summed E-state index contributed by atoms with van der Waals surface area (Å²) in [6.45, 7) is -0.787. The van der Waals surface area contributed by atoms with Gasteiger partial charge in [0, 0.05) is 0 Å². The zero-order chi connectivity index (χ0) is 24.5. The van der Waals surface area contributed by atoms with Crippen LogP contribution < -0.4 is 20.8 Å². The number of anilines is 1. The number of hydrogen-bond acceptors (Lipinski definition) is 13. The molecular weight excluding hydrogens is 478 g/mol. The largest absolute Gasteiger partial charge is 0.756 e. The lowest BCUT2D eigenvalue weighted by Gasteiger charge is -2.28. The summed E-state index contributed by atoms with van der Waals surface area (Å²) in [6, 6.07) is 0. The van der Waals surface area contributed by atoms with Crippen LogP contribution in [0.2, 0.25) is 0 Å². The topological polar surface area (TPSA) is 236 Å². The highest BCUT2D eigenvalue weighted by Crippen LogP contribution is 2.58. The van der Waals surface area contributed by atoms with Crippen molar-refractivity contribution < 1.29 is 56.8 Å². The average Bonchev–Trinajstić information content (AvgIpc) is 2.89. The zero-order valence-electron chi connectivity index (χ0n) is 17.4. The van der Waals surface area contributed by atoms with Crippen LogP contribution in [-0.4, -0.2) is 93.5 Å². The first-order chi connectivity index (χ1) is 14.6. The number of aliphatic hydroxyl groups excluding tert-OH is 3.